The summed E-state index contributed by atoms with van der Waals surface area (Å²) in [7, 11) is 7.48. The fraction of sp³-hybridized carbons (Fsp3) is 0.351. The highest BCUT2D eigenvalue weighted by molar-refractivity contribution is 5.61. The second kappa shape index (κ2) is 11.8. The molecule has 0 spiro atoms. The van der Waals surface area contributed by atoms with Crippen LogP contribution in [0.2, 0.25) is 0 Å². The Kier molecular flexibility index (Phi) is 7.71. The zero-order valence-corrected chi connectivity index (χ0v) is 26.3. The van der Waals surface area contributed by atoms with Gasteiger partial charge in [0.2, 0.25) is 5.75 Å². The first-order valence-corrected chi connectivity index (χ1v) is 15.6. The van der Waals surface area contributed by atoms with E-state index in [0.717, 1.165) is 54.6 Å². The first-order chi connectivity index (χ1) is 21.8. The summed E-state index contributed by atoms with van der Waals surface area (Å²) in [5, 5.41) is 22.9. The van der Waals surface area contributed by atoms with Gasteiger partial charge >= 0.3 is 0 Å². The molecule has 4 aromatic carbocycles. The molecule has 0 saturated heterocycles. The van der Waals surface area contributed by atoms with Crippen LogP contribution in [-0.2, 0) is 32.3 Å². The molecule has 2 N–H and O–H groups in total. The van der Waals surface area contributed by atoms with E-state index in [4.69, 9.17) is 18.9 Å². The van der Waals surface area contributed by atoms with Crippen molar-refractivity contribution in [1.29, 1.82) is 0 Å². The molecule has 45 heavy (non-hydrogen) atoms. The van der Waals surface area contributed by atoms with Gasteiger partial charge in [-0.15, -0.1) is 0 Å². The lowest BCUT2D eigenvalue weighted by molar-refractivity contribution is 0.216. The van der Waals surface area contributed by atoms with Crippen molar-refractivity contribution < 1.29 is 29.2 Å². The molecule has 0 fully saturated rings. The van der Waals surface area contributed by atoms with Crippen LogP contribution < -0.4 is 18.9 Å². The Hall–Kier alpha value is -4.40. The Morgan fingerprint density at radius 1 is 0.711 bits per heavy atom. The molecule has 234 valence electrons. The average Bonchev–Trinajstić information content (AvgIpc) is 3.04. The van der Waals surface area contributed by atoms with Gasteiger partial charge in [0.15, 0.2) is 34.5 Å². The van der Waals surface area contributed by atoms with Gasteiger partial charge in [0.1, 0.15) is 6.61 Å². The first kappa shape index (κ1) is 29.3. The van der Waals surface area contributed by atoms with E-state index in [2.05, 4.69) is 60.3 Å². The van der Waals surface area contributed by atoms with Crippen LogP contribution in [0.1, 0.15) is 51.0 Å². The average molecular weight is 609 g/mol. The number of phenolic OH excluding ortho intramolecular Hbond substituents is 2. The highest BCUT2D eigenvalue weighted by atomic mass is 16.5. The maximum Gasteiger partial charge on any atom is 0.204 e. The van der Waals surface area contributed by atoms with Crippen molar-refractivity contribution in [3.63, 3.8) is 0 Å². The standard InChI is InChI=1S/C37H40N2O6/c1-38-13-11-25-18-32(42-3)33-20-27(25)28(38)15-22-5-7-23(8-6-22)21-44-37-34(43-4)19-26-12-14-39(2)29(35(26)36(37)41)16-24-9-10-31(45-33)30(40)17-24/h5-10,17-20,28-29,40-41H,11-16,21H2,1-4H3. The maximum atomic E-state index is 11.7. The summed E-state index contributed by atoms with van der Waals surface area (Å²) >= 11 is 0. The fourth-order valence-corrected chi connectivity index (χ4v) is 7.10. The number of hydrogen-bond acceptors (Lipinski definition) is 8. The van der Waals surface area contributed by atoms with Crippen LogP contribution in [0.3, 0.4) is 0 Å². The number of methoxy groups -OCH3 is 2. The van der Waals surface area contributed by atoms with Crippen molar-refractivity contribution >= 4 is 0 Å². The van der Waals surface area contributed by atoms with Crippen molar-refractivity contribution in [1.82, 2.24) is 9.80 Å². The van der Waals surface area contributed by atoms with Crippen LogP contribution >= 0.6 is 0 Å². The van der Waals surface area contributed by atoms with Gasteiger partial charge in [-0.05, 0) is 103 Å². The second-order valence-electron chi connectivity index (χ2n) is 12.4. The monoisotopic (exact) mass is 608 g/mol. The van der Waals surface area contributed by atoms with Gasteiger partial charge in [0.05, 0.1) is 14.2 Å². The lowest BCUT2D eigenvalue weighted by Crippen LogP contribution is -2.33. The summed E-state index contributed by atoms with van der Waals surface area (Å²) < 4.78 is 24.1. The molecule has 2 atom stereocenters. The Morgan fingerprint density at radius 3 is 2.09 bits per heavy atom. The lowest BCUT2D eigenvalue weighted by atomic mass is 9.87. The minimum atomic E-state index is -0.128. The summed E-state index contributed by atoms with van der Waals surface area (Å²) in [6.07, 6.45) is 3.10. The minimum absolute atomic E-state index is 0.0494. The van der Waals surface area contributed by atoms with Crippen molar-refractivity contribution in [3.05, 3.63) is 99.6 Å². The van der Waals surface area contributed by atoms with Crippen molar-refractivity contribution in [2.45, 2.75) is 44.4 Å². The largest absolute Gasteiger partial charge is 0.504 e. The van der Waals surface area contributed by atoms with Gasteiger partial charge in [-0.2, -0.15) is 0 Å². The molecule has 0 amide bonds. The van der Waals surface area contributed by atoms with E-state index in [1.807, 2.05) is 18.2 Å². The van der Waals surface area contributed by atoms with E-state index in [1.54, 1.807) is 20.3 Å². The number of nitrogens with zero attached hydrogens (tertiary/aromatic N) is 2. The number of hydrogen-bond donors (Lipinski definition) is 2. The SMILES string of the molecule is COc1cc2c3cc1Oc1ccc(cc1O)CC1c4c(cc(OC)c(c4O)OCc4ccc(cc4)CC3N(C)CC2)CCN1C. The molecule has 4 aromatic rings. The third-order valence-corrected chi connectivity index (χ3v) is 9.72. The van der Waals surface area contributed by atoms with Crippen LogP contribution in [0, 0.1) is 0 Å². The molecule has 0 radical (unpaired) electrons. The minimum Gasteiger partial charge on any atom is -0.504 e. The van der Waals surface area contributed by atoms with Gasteiger partial charge in [0.25, 0.3) is 0 Å². The number of phenols is 2. The third-order valence-electron chi connectivity index (χ3n) is 9.72. The Bertz CT molecular complexity index is 1740. The molecule has 8 nitrogen and oxygen atoms in total. The Balaban J connectivity index is 1.35. The highest BCUT2D eigenvalue weighted by Crippen LogP contribution is 2.48. The van der Waals surface area contributed by atoms with E-state index in [-0.39, 0.29) is 23.6 Å². The molecule has 6 aliphatic heterocycles. The summed E-state index contributed by atoms with van der Waals surface area (Å²) in [6.45, 7) is 2.07. The van der Waals surface area contributed by atoms with Crippen LogP contribution in [0.5, 0.6) is 40.2 Å². The summed E-state index contributed by atoms with van der Waals surface area (Å²) in [6, 6.07) is 20.2. The highest BCUT2D eigenvalue weighted by Gasteiger charge is 2.32. The zero-order chi connectivity index (χ0) is 31.2. The van der Waals surface area contributed by atoms with E-state index in [1.165, 1.54) is 16.7 Å². The topological polar surface area (TPSA) is 83.9 Å². The zero-order valence-electron chi connectivity index (χ0n) is 26.3. The molecule has 8 bridgehead atoms. The molecule has 0 aromatic heterocycles. The van der Waals surface area contributed by atoms with E-state index >= 15 is 0 Å². The first-order valence-electron chi connectivity index (χ1n) is 15.6. The van der Waals surface area contributed by atoms with Gasteiger partial charge in [-0.3, -0.25) is 9.80 Å². The summed E-state index contributed by atoms with van der Waals surface area (Å²) in [5.41, 5.74) is 7.45. The number of benzene rings is 4. The normalized spacial score (nSPS) is 19.7. The molecule has 2 unspecified atom stereocenters. The molecular formula is C37H40N2O6. The second-order valence-corrected chi connectivity index (χ2v) is 12.4. The molecule has 0 aliphatic carbocycles. The smallest absolute Gasteiger partial charge is 0.204 e. The number of likely N-dealkylation sites (N-methyl/N-ethyl adjacent to an activating group) is 2. The predicted molar refractivity (Wildman–Crippen MR) is 172 cm³/mol. The predicted octanol–water partition coefficient (Wildman–Crippen LogP) is 6.34. The molecular weight excluding hydrogens is 568 g/mol. The van der Waals surface area contributed by atoms with E-state index in [9.17, 15) is 10.2 Å². The summed E-state index contributed by atoms with van der Waals surface area (Å²) in [5.74, 6) is 2.61. The number of aromatic hydroxyl groups is 2. The van der Waals surface area contributed by atoms with Crippen LogP contribution in [0.4, 0.5) is 0 Å². The van der Waals surface area contributed by atoms with Gasteiger partial charge < -0.3 is 29.2 Å². The Morgan fingerprint density at radius 2 is 1.36 bits per heavy atom. The van der Waals surface area contributed by atoms with Gasteiger partial charge in [0, 0.05) is 30.7 Å². The fourth-order valence-electron chi connectivity index (χ4n) is 7.10. The molecule has 6 heterocycles. The molecule has 6 aliphatic rings. The lowest BCUT2D eigenvalue weighted by Gasteiger charge is -2.36. The van der Waals surface area contributed by atoms with Gasteiger partial charge in [-0.25, -0.2) is 0 Å². The maximum absolute atomic E-state index is 11.7. The molecule has 8 heteroatoms. The van der Waals surface area contributed by atoms with Crippen LogP contribution in [-0.4, -0.2) is 61.4 Å². The Labute approximate surface area is 264 Å². The number of rotatable bonds is 2. The van der Waals surface area contributed by atoms with E-state index < -0.39 is 0 Å². The van der Waals surface area contributed by atoms with E-state index in [0.29, 0.717) is 41.8 Å². The summed E-state index contributed by atoms with van der Waals surface area (Å²) in [4.78, 5) is 4.62. The molecule has 10 rings (SSSR count). The van der Waals surface area contributed by atoms with Gasteiger partial charge in [-0.1, -0.05) is 30.3 Å². The number of ether oxygens (including phenoxy) is 4. The third kappa shape index (κ3) is 5.42. The molecule has 0 saturated carbocycles. The van der Waals surface area contributed by atoms with Crippen LogP contribution in [0.15, 0.2) is 60.7 Å². The van der Waals surface area contributed by atoms with Crippen molar-refractivity contribution in [2.75, 3.05) is 41.4 Å². The quantitative estimate of drug-likeness (QED) is 0.273. The van der Waals surface area contributed by atoms with Crippen molar-refractivity contribution in [3.8, 4) is 40.2 Å². The van der Waals surface area contributed by atoms with Crippen molar-refractivity contribution in [2.24, 2.45) is 0 Å². The van der Waals surface area contributed by atoms with Crippen LogP contribution in [0.25, 0.3) is 0 Å².